The quantitative estimate of drug-likeness (QED) is 0.413. The van der Waals surface area contributed by atoms with Crippen molar-refractivity contribution < 1.29 is 19.4 Å². The molecule has 1 aliphatic rings. The minimum atomic E-state index is -0.920. The summed E-state index contributed by atoms with van der Waals surface area (Å²) >= 11 is 0. The summed E-state index contributed by atoms with van der Waals surface area (Å²) in [5.41, 5.74) is 0. The average Bonchev–Trinajstić information content (AvgIpc) is 3.04. The first-order chi connectivity index (χ1) is 11.1. The third-order valence-corrected chi connectivity index (χ3v) is 4.49. The van der Waals surface area contributed by atoms with E-state index in [1.54, 1.807) is 0 Å². The number of esters is 1. The second kappa shape index (κ2) is 12.3. The van der Waals surface area contributed by atoms with Gasteiger partial charge in [-0.3, -0.25) is 14.5 Å². The molecule has 0 radical (unpaired) electrons. The Kier molecular flexibility index (Phi) is 10.7. The van der Waals surface area contributed by atoms with Crippen LogP contribution in [0.15, 0.2) is 0 Å². The molecule has 0 aromatic carbocycles. The number of rotatable bonds is 13. The number of aliphatic carboxylic acids is 1. The molecule has 23 heavy (non-hydrogen) atoms. The molecule has 0 aromatic rings. The van der Waals surface area contributed by atoms with E-state index in [1.165, 1.54) is 38.5 Å². The van der Waals surface area contributed by atoms with E-state index in [0.717, 1.165) is 38.8 Å². The average molecular weight is 327 g/mol. The van der Waals surface area contributed by atoms with Crippen LogP contribution in [0.4, 0.5) is 0 Å². The molecule has 1 atom stereocenters. The van der Waals surface area contributed by atoms with Crippen LogP contribution in [0, 0.1) is 0 Å². The molecule has 0 bridgehead atoms. The Morgan fingerprint density at radius 1 is 1.00 bits per heavy atom. The summed E-state index contributed by atoms with van der Waals surface area (Å²) in [6.07, 6.45) is 11.6. The molecule has 1 unspecified atom stereocenters. The van der Waals surface area contributed by atoms with Crippen LogP contribution in [-0.2, 0) is 14.3 Å². The van der Waals surface area contributed by atoms with E-state index in [9.17, 15) is 14.7 Å². The van der Waals surface area contributed by atoms with Gasteiger partial charge < -0.3 is 9.84 Å². The van der Waals surface area contributed by atoms with Gasteiger partial charge in [0.25, 0.3) is 0 Å². The maximum absolute atomic E-state index is 11.8. The Balaban J connectivity index is 2.05. The first kappa shape index (κ1) is 19.9. The molecule has 0 aromatic heterocycles. The van der Waals surface area contributed by atoms with Gasteiger partial charge in [0.05, 0.1) is 13.0 Å². The van der Waals surface area contributed by atoms with Crippen LogP contribution in [-0.4, -0.2) is 47.7 Å². The molecule has 1 aliphatic heterocycles. The van der Waals surface area contributed by atoms with Gasteiger partial charge in [-0.2, -0.15) is 0 Å². The fourth-order valence-corrected chi connectivity index (χ4v) is 3.06. The van der Waals surface area contributed by atoms with Crippen LogP contribution in [0.1, 0.15) is 77.6 Å². The summed E-state index contributed by atoms with van der Waals surface area (Å²) in [7, 11) is 0. The van der Waals surface area contributed by atoms with Crippen molar-refractivity contribution in [3.8, 4) is 0 Å². The van der Waals surface area contributed by atoms with E-state index in [2.05, 4.69) is 6.92 Å². The number of carbonyl (C=O) groups excluding carboxylic acids is 1. The molecular weight excluding hydrogens is 294 g/mol. The Bertz CT molecular complexity index is 340. The molecule has 0 spiro atoms. The van der Waals surface area contributed by atoms with E-state index in [1.807, 2.05) is 4.90 Å². The maximum atomic E-state index is 11.8. The zero-order chi connectivity index (χ0) is 16.9. The number of carboxylic acid groups (broad SMARTS) is 1. The van der Waals surface area contributed by atoms with Gasteiger partial charge in [-0.15, -0.1) is 0 Å². The second-order valence-corrected chi connectivity index (χ2v) is 6.50. The summed E-state index contributed by atoms with van der Waals surface area (Å²) in [5.74, 6) is -1.30. The van der Waals surface area contributed by atoms with Gasteiger partial charge in [-0.05, 0) is 32.4 Å². The number of unbranched alkanes of at least 4 members (excludes halogenated alkanes) is 7. The van der Waals surface area contributed by atoms with Crippen LogP contribution in [0.25, 0.3) is 0 Å². The lowest BCUT2D eigenvalue weighted by Gasteiger charge is -2.22. The molecule has 0 aliphatic carbocycles. The third-order valence-electron chi connectivity index (χ3n) is 4.49. The smallest absolute Gasteiger partial charge is 0.321 e. The minimum Gasteiger partial charge on any atom is -0.480 e. The molecular formula is C18H33NO4. The Morgan fingerprint density at radius 3 is 2.13 bits per heavy atom. The van der Waals surface area contributed by atoms with E-state index < -0.39 is 12.0 Å². The minimum absolute atomic E-state index is 0.0354. The molecule has 1 heterocycles. The normalized spacial score (nSPS) is 16.4. The van der Waals surface area contributed by atoms with Gasteiger partial charge >= 0.3 is 11.9 Å². The number of hydrogen-bond donors (Lipinski definition) is 1. The highest BCUT2D eigenvalue weighted by Crippen LogP contribution is 2.15. The zero-order valence-corrected chi connectivity index (χ0v) is 14.6. The van der Waals surface area contributed by atoms with Gasteiger partial charge in [0.1, 0.15) is 6.04 Å². The van der Waals surface area contributed by atoms with Crippen LogP contribution in [0.2, 0.25) is 0 Å². The molecule has 1 N–H and O–H groups in total. The van der Waals surface area contributed by atoms with Gasteiger partial charge in [0.15, 0.2) is 0 Å². The summed E-state index contributed by atoms with van der Waals surface area (Å²) in [6.45, 7) is 4.16. The predicted octanol–water partition coefficient (Wildman–Crippen LogP) is 3.61. The van der Waals surface area contributed by atoms with Crippen LogP contribution < -0.4 is 0 Å². The fraction of sp³-hybridized carbons (Fsp3) is 0.889. The number of carbonyl (C=O) groups is 2. The van der Waals surface area contributed by atoms with Crippen molar-refractivity contribution in [2.45, 2.75) is 83.6 Å². The Morgan fingerprint density at radius 2 is 1.57 bits per heavy atom. The van der Waals surface area contributed by atoms with Gasteiger partial charge in [0, 0.05) is 0 Å². The highest BCUT2D eigenvalue weighted by atomic mass is 16.5. The number of nitrogens with zero attached hydrogens (tertiary/aromatic N) is 1. The highest BCUT2D eigenvalue weighted by molar-refractivity contribution is 5.81. The van der Waals surface area contributed by atoms with Crippen molar-refractivity contribution in [1.82, 2.24) is 4.90 Å². The Hall–Kier alpha value is -1.10. The fourth-order valence-electron chi connectivity index (χ4n) is 3.06. The lowest BCUT2D eigenvalue weighted by molar-refractivity contribution is -0.152. The number of likely N-dealkylation sites (tertiary alicyclic amines) is 1. The van der Waals surface area contributed by atoms with Crippen molar-refractivity contribution in [2.75, 3.05) is 19.7 Å². The topological polar surface area (TPSA) is 66.8 Å². The monoisotopic (exact) mass is 327 g/mol. The van der Waals surface area contributed by atoms with Crippen LogP contribution in [0.5, 0.6) is 0 Å². The highest BCUT2D eigenvalue weighted by Gasteiger charge is 2.30. The van der Waals surface area contributed by atoms with E-state index in [-0.39, 0.29) is 12.4 Å². The van der Waals surface area contributed by atoms with Crippen molar-refractivity contribution in [3.63, 3.8) is 0 Å². The van der Waals surface area contributed by atoms with Crippen molar-refractivity contribution in [2.24, 2.45) is 0 Å². The molecule has 0 saturated carbocycles. The van der Waals surface area contributed by atoms with Crippen LogP contribution in [0.3, 0.4) is 0 Å². The number of ether oxygens (including phenoxy) is 1. The summed E-state index contributed by atoms with van der Waals surface area (Å²) in [6, 6.07) is -0.719. The van der Waals surface area contributed by atoms with E-state index in [0.29, 0.717) is 6.61 Å². The third kappa shape index (κ3) is 8.94. The summed E-state index contributed by atoms with van der Waals surface area (Å²) in [5, 5.41) is 9.26. The largest absolute Gasteiger partial charge is 0.480 e. The van der Waals surface area contributed by atoms with Gasteiger partial charge in [0.2, 0.25) is 0 Å². The molecule has 5 heteroatoms. The molecule has 5 nitrogen and oxygen atoms in total. The first-order valence-corrected chi connectivity index (χ1v) is 9.27. The molecule has 0 amide bonds. The SMILES string of the molecule is CCCCCCCCCCOC(=O)CC(C(=O)O)N1CCCC1. The maximum Gasteiger partial charge on any atom is 0.321 e. The lowest BCUT2D eigenvalue weighted by Crippen LogP contribution is -2.41. The molecule has 134 valence electrons. The molecule has 1 fully saturated rings. The first-order valence-electron chi connectivity index (χ1n) is 9.27. The van der Waals surface area contributed by atoms with Crippen molar-refractivity contribution in [3.05, 3.63) is 0 Å². The van der Waals surface area contributed by atoms with E-state index in [4.69, 9.17) is 4.74 Å². The standard InChI is InChI=1S/C18H33NO4/c1-2-3-4-5-6-7-8-11-14-23-17(20)15-16(18(21)22)19-12-9-10-13-19/h16H,2-15H2,1H3,(H,21,22). The van der Waals surface area contributed by atoms with E-state index >= 15 is 0 Å². The lowest BCUT2D eigenvalue weighted by atomic mass is 10.1. The van der Waals surface area contributed by atoms with Gasteiger partial charge in [-0.25, -0.2) is 0 Å². The van der Waals surface area contributed by atoms with Gasteiger partial charge in [-0.1, -0.05) is 51.9 Å². The molecule has 1 rings (SSSR count). The van der Waals surface area contributed by atoms with Crippen molar-refractivity contribution >= 4 is 11.9 Å². The molecule has 1 saturated heterocycles. The Labute approximate surface area is 140 Å². The summed E-state index contributed by atoms with van der Waals surface area (Å²) in [4.78, 5) is 25.0. The van der Waals surface area contributed by atoms with Crippen LogP contribution >= 0.6 is 0 Å². The second-order valence-electron chi connectivity index (χ2n) is 6.50. The van der Waals surface area contributed by atoms with Crippen molar-refractivity contribution in [1.29, 1.82) is 0 Å². The predicted molar refractivity (Wildman–Crippen MR) is 90.4 cm³/mol. The summed E-state index contributed by atoms with van der Waals surface area (Å²) < 4.78 is 5.20. The number of carboxylic acids is 1. The zero-order valence-electron chi connectivity index (χ0n) is 14.6. The number of hydrogen-bond acceptors (Lipinski definition) is 4.